The van der Waals surface area contributed by atoms with Crippen LogP contribution in [0.2, 0.25) is 0 Å². The zero-order valence-electron chi connectivity index (χ0n) is 12.1. The zero-order chi connectivity index (χ0) is 16.1. The number of hydrogen-bond acceptors (Lipinski definition) is 3. The minimum absolute atomic E-state index is 0.00817. The van der Waals surface area contributed by atoms with Gasteiger partial charge in [-0.2, -0.15) is 0 Å². The van der Waals surface area contributed by atoms with Gasteiger partial charge in [0.15, 0.2) is 17.3 Å². The number of rotatable bonds is 5. The SMILES string of the molecule is COc1ccc(C(=O)C=Cc2cc(F)ccc2F)cc1OC. The molecule has 0 aliphatic heterocycles. The predicted molar refractivity (Wildman–Crippen MR) is 79.3 cm³/mol. The molecule has 2 aromatic rings. The van der Waals surface area contributed by atoms with E-state index in [2.05, 4.69) is 0 Å². The topological polar surface area (TPSA) is 35.5 Å². The molecule has 0 aliphatic rings. The molecule has 0 aliphatic carbocycles. The summed E-state index contributed by atoms with van der Waals surface area (Å²) in [6.45, 7) is 0. The van der Waals surface area contributed by atoms with Crippen LogP contribution in [-0.2, 0) is 0 Å². The number of carbonyl (C=O) groups excluding carboxylic acids is 1. The first kappa shape index (κ1) is 15.7. The highest BCUT2D eigenvalue weighted by Crippen LogP contribution is 2.27. The van der Waals surface area contributed by atoms with E-state index in [1.165, 1.54) is 32.4 Å². The van der Waals surface area contributed by atoms with Crippen LogP contribution < -0.4 is 9.47 Å². The lowest BCUT2D eigenvalue weighted by molar-refractivity contribution is 0.104. The number of ketones is 1. The molecular formula is C17H14F2O3. The van der Waals surface area contributed by atoms with Gasteiger partial charge in [0, 0.05) is 11.1 Å². The van der Waals surface area contributed by atoms with Crippen molar-refractivity contribution in [3.63, 3.8) is 0 Å². The molecule has 0 bridgehead atoms. The van der Waals surface area contributed by atoms with Crippen molar-refractivity contribution in [2.75, 3.05) is 14.2 Å². The van der Waals surface area contributed by atoms with E-state index in [4.69, 9.17) is 9.47 Å². The van der Waals surface area contributed by atoms with Gasteiger partial charge < -0.3 is 9.47 Å². The zero-order valence-corrected chi connectivity index (χ0v) is 12.1. The average molecular weight is 304 g/mol. The molecule has 0 atom stereocenters. The number of carbonyl (C=O) groups is 1. The Balaban J connectivity index is 2.25. The number of ether oxygens (including phenoxy) is 2. The highest BCUT2D eigenvalue weighted by atomic mass is 19.1. The molecule has 0 amide bonds. The van der Waals surface area contributed by atoms with E-state index in [9.17, 15) is 13.6 Å². The molecular weight excluding hydrogens is 290 g/mol. The molecule has 0 saturated carbocycles. The quantitative estimate of drug-likeness (QED) is 0.621. The molecule has 2 aromatic carbocycles. The summed E-state index contributed by atoms with van der Waals surface area (Å²) in [5, 5.41) is 0. The molecule has 0 aromatic heterocycles. The van der Waals surface area contributed by atoms with Gasteiger partial charge in [-0.05, 0) is 48.6 Å². The fourth-order valence-electron chi connectivity index (χ4n) is 1.89. The second-order valence-electron chi connectivity index (χ2n) is 4.43. The van der Waals surface area contributed by atoms with Gasteiger partial charge in [-0.15, -0.1) is 0 Å². The second kappa shape index (κ2) is 6.85. The Hall–Kier alpha value is -2.69. The van der Waals surface area contributed by atoms with E-state index in [-0.39, 0.29) is 11.3 Å². The fourth-order valence-corrected chi connectivity index (χ4v) is 1.89. The van der Waals surface area contributed by atoms with Gasteiger partial charge in [-0.3, -0.25) is 4.79 Å². The van der Waals surface area contributed by atoms with Crippen LogP contribution in [0, 0.1) is 11.6 Å². The van der Waals surface area contributed by atoms with Crippen LogP contribution in [0.1, 0.15) is 15.9 Å². The van der Waals surface area contributed by atoms with Crippen LogP contribution >= 0.6 is 0 Å². The van der Waals surface area contributed by atoms with Crippen molar-refractivity contribution >= 4 is 11.9 Å². The van der Waals surface area contributed by atoms with Crippen molar-refractivity contribution in [2.24, 2.45) is 0 Å². The van der Waals surface area contributed by atoms with Gasteiger partial charge >= 0.3 is 0 Å². The largest absolute Gasteiger partial charge is 0.493 e. The first-order chi connectivity index (χ1) is 10.5. The third-order valence-electron chi connectivity index (χ3n) is 3.04. The van der Waals surface area contributed by atoms with Crippen molar-refractivity contribution < 1.29 is 23.0 Å². The van der Waals surface area contributed by atoms with Crippen molar-refractivity contribution in [3.05, 3.63) is 65.2 Å². The fraction of sp³-hybridized carbons (Fsp3) is 0.118. The number of hydrogen-bond donors (Lipinski definition) is 0. The van der Waals surface area contributed by atoms with Gasteiger partial charge in [0.25, 0.3) is 0 Å². The minimum atomic E-state index is -0.599. The van der Waals surface area contributed by atoms with Gasteiger partial charge in [0.2, 0.25) is 0 Å². The number of methoxy groups -OCH3 is 2. The Morgan fingerprint density at radius 2 is 1.73 bits per heavy atom. The summed E-state index contributed by atoms with van der Waals surface area (Å²) in [5.41, 5.74) is 0.361. The summed E-state index contributed by atoms with van der Waals surface area (Å²) in [6.07, 6.45) is 2.41. The van der Waals surface area contributed by atoms with E-state index in [1.807, 2.05) is 0 Å². The third kappa shape index (κ3) is 3.49. The maximum Gasteiger partial charge on any atom is 0.185 e. The van der Waals surface area contributed by atoms with Crippen molar-refractivity contribution in [3.8, 4) is 11.5 Å². The Morgan fingerprint density at radius 3 is 2.41 bits per heavy atom. The standard InChI is InChI=1S/C17H14F2O3/c1-21-16-8-4-12(10-17(16)22-2)15(20)7-3-11-9-13(18)5-6-14(11)19/h3-10H,1-2H3. The number of allylic oxidation sites excluding steroid dienone is 1. The van der Waals surface area contributed by atoms with E-state index in [1.54, 1.807) is 12.1 Å². The molecule has 0 heterocycles. The Kier molecular flexibility index (Phi) is 4.88. The van der Waals surface area contributed by atoms with E-state index < -0.39 is 11.6 Å². The lowest BCUT2D eigenvalue weighted by Gasteiger charge is -2.08. The molecule has 3 nitrogen and oxygen atoms in total. The number of benzene rings is 2. The summed E-state index contributed by atoms with van der Waals surface area (Å²) in [5.74, 6) is -0.611. The number of halogens is 2. The molecule has 2 rings (SSSR count). The maximum absolute atomic E-state index is 13.5. The highest BCUT2D eigenvalue weighted by Gasteiger charge is 2.09. The normalized spacial score (nSPS) is 10.7. The third-order valence-corrected chi connectivity index (χ3v) is 3.04. The lowest BCUT2D eigenvalue weighted by Crippen LogP contribution is -1.97. The molecule has 5 heteroatoms. The van der Waals surface area contributed by atoms with Gasteiger partial charge in [0.05, 0.1) is 14.2 Å². The first-order valence-electron chi connectivity index (χ1n) is 6.44. The van der Waals surface area contributed by atoms with Crippen LogP contribution in [0.15, 0.2) is 42.5 Å². The Bertz CT molecular complexity index is 724. The smallest absolute Gasteiger partial charge is 0.185 e. The van der Waals surface area contributed by atoms with Crippen LogP contribution in [0.25, 0.3) is 6.08 Å². The van der Waals surface area contributed by atoms with Crippen molar-refractivity contribution in [1.29, 1.82) is 0 Å². The van der Waals surface area contributed by atoms with Crippen LogP contribution in [0.5, 0.6) is 11.5 Å². The van der Waals surface area contributed by atoms with Crippen molar-refractivity contribution in [1.82, 2.24) is 0 Å². The second-order valence-corrected chi connectivity index (χ2v) is 4.43. The molecule has 0 N–H and O–H groups in total. The van der Waals surface area contributed by atoms with E-state index in [0.29, 0.717) is 17.1 Å². The molecule has 0 saturated heterocycles. The lowest BCUT2D eigenvalue weighted by atomic mass is 10.1. The Labute approximate surface area is 126 Å². The summed E-state index contributed by atoms with van der Waals surface area (Å²) in [6, 6.07) is 7.73. The average Bonchev–Trinajstić information content (AvgIpc) is 2.54. The molecule has 0 radical (unpaired) electrons. The first-order valence-corrected chi connectivity index (χ1v) is 6.44. The van der Waals surface area contributed by atoms with E-state index >= 15 is 0 Å². The Morgan fingerprint density at radius 1 is 1.00 bits per heavy atom. The molecule has 0 spiro atoms. The van der Waals surface area contributed by atoms with Crippen LogP contribution in [-0.4, -0.2) is 20.0 Å². The summed E-state index contributed by atoms with van der Waals surface area (Å²) < 4.78 is 36.7. The molecule has 0 unspecified atom stereocenters. The highest BCUT2D eigenvalue weighted by molar-refractivity contribution is 6.07. The van der Waals surface area contributed by atoms with E-state index in [0.717, 1.165) is 18.2 Å². The summed E-state index contributed by atoms with van der Waals surface area (Å²) in [4.78, 5) is 12.1. The molecule has 0 fully saturated rings. The summed E-state index contributed by atoms with van der Waals surface area (Å²) in [7, 11) is 2.95. The van der Waals surface area contributed by atoms with Gasteiger partial charge in [-0.1, -0.05) is 0 Å². The monoisotopic (exact) mass is 304 g/mol. The van der Waals surface area contributed by atoms with Crippen LogP contribution in [0.4, 0.5) is 8.78 Å². The van der Waals surface area contributed by atoms with Crippen LogP contribution in [0.3, 0.4) is 0 Å². The molecule has 22 heavy (non-hydrogen) atoms. The summed E-state index contributed by atoms with van der Waals surface area (Å²) >= 11 is 0. The van der Waals surface area contributed by atoms with Gasteiger partial charge in [0.1, 0.15) is 11.6 Å². The predicted octanol–water partition coefficient (Wildman–Crippen LogP) is 3.88. The molecule has 114 valence electrons. The minimum Gasteiger partial charge on any atom is -0.493 e. The maximum atomic E-state index is 13.5. The van der Waals surface area contributed by atoms with Crippen molar-refractivity contribution in [2.45, 2.75) is 0 Å². The van der Waals surface area contributed by atoms with Gasteiger partial charge in [-0.25, -0.2) is 8.78 Å².